The van der Waals surface area contributed by atoms with Gasteiger partial charge in [0.15, 0.2) is 0 Å². The Labute approximate surface area is 233 Å². The molecule has 0 aromatic heterocycles. The van der Waals surface area contributed by atoms with E-state index >= 15 is 0 Å². The topological polar surface area (TPSA) is 136 Å². The van der Waals surface area contributed by atoms with Gasteiger partial charge in [-0.05, 0) is 66.1 Å². The third-order valence-corrected chi connectivity index (χ3v) is 9.19. The molecule has 0 aliphatic carbocycles. The molecule has 1 aliphatic heterocycles. The van der Waals surface area contributed by atoms with E-state index in [1.165, 1.54) is 17.0 Å². The van der Waals surface area contributed by atoms with Gasteiger partial charge in [0.2, 0.25) is 10.0 Å². The number of rotatable bonds is 10. The van der Waals surface area contributed by atoms with Crippen LogP contribution in [0, 0.1) is 5.92 Å². The molecule has 3 aromatic carbocycles. The molecule has 1 atom stereocenters. The molecule has 0 spiro atoms. The fourth-order valence-electron chi connectivity index (χ4n) is 5.08. The average Bonchev–Trinajstić information content (AvgIpc) is 2.99. The number of amides is 2. The van der Waals surface area contributed by atoms with E-state index in [1.807, 2.05) is 54.6 Å². The number of carboxylic acid groups (broad SMARTS) is 1. The zero-order chi connectivity index (χ0) is 28.7. The largest absolute Gasteiger partial charge is 0.497 e. The number of nitrogens with zero attached hydrogens (tertiary/aromatic N) is 2. The van der Waals surface area contributed by atoms with E-state index in [0.29, 0.717) is 12.2 Å². The van der Waals surface area contributed by atoms with E-state index in [9.17, 15) is 28.3 Å². The number of likely N-dealkylation sites (tertiary alicyclic amines) is 1. The van der Waals surface area contributed by atoms with Gasteiger partial charge >= 0.3 is 6.09 Å². The number of nitrogens with one attached hydrogen (secondary N) is 1. The van der Waals surface area contributed by atoms with Crippen LogP contribution >= 0.6 is 0 Å². The van der Waals surface area contributed by atoms with Gasteiger partial charge < -0.3 is 14.7 Å². The molecule has 0 radical (unpaired) electrons. The zero-order valence-electron chi connectivity index (χ0n) is 22.1. The van der Waals surface area contributed by atoms with Crippen LogP contribution in [-0.4, -0.2) is 72.7 Å². The van der Waals surface area contributed by atoms with Gasteiger partial charge in [0.25, 0.3) is 5.91 Å². The standard InChI is InChI=1S/C29H33N3O7S/c1-39-25-11-7-22(8-12-25)23-9-13-26(14-10-23)40(37,38)32(20-15-21-5-3-2-4-6-21)27(28(33)30-36)24-16-18-31(19-17-24)29(34)35/h2-14,24,27,36H,15-20H2,1H3,(H,30,33)(H,34,35). The van der Waals surface area contributed by atoms with E-state index in [1.54, 1.807) is 24.7 Å². The van der Waals surface area contributed by atoms with Gasteiger partial charge in [-0.3, -0.25) is 10.0 Å². The Balaban J connectivity index is 1.67. The minimum atomic E-state index is -4.20. The smallest absolute Gasteiger partial charge is 0.407 e. The molecule has 0 bridgehead atoms. The van der Waals surface area contributed by atoms with E-state index in [-0.39, 0.29) is 37.4 Å². The second-order valence-corrected chi connectivity index (χ2v) is 11.5. The molecule has 1 heterocycles. The van der Waals surface area contributed by atoms with Gasteiger partial charge in [0.05, 0.1) is 12.0 Å². The molecule has 2 amide bonds. The third-order valence-electron chi connectivity index (χ3n) is 7.29. The Morgan fingerprint density at radius 2 is 1.55 bits per heavy atom. The second-order valence-electron chi connectivity index (χ2n) is 9.63. The van der Waals surface area contributed by atoms with Gasteiger partial charge in [-0.25, -0.2) is 18.7 Å². The summed E-state index contributed by atoms with van der Waals surface area (Å²) in [5.41, 5.74) is 4.23. The van der Waals surface area contributed by atoms with Crippen molar-refractivity contribution in [3.05, 3.63) is 84.4 Å². The molecule has 11 heteroatoms. The highest BCUT2D eigenvalue weighted by molar-refractivity contribution is 7.89. The molecule has 4 rings (SSSR count). The first-order valence-corrected chi connectivity index (χ1v) is 14.4. The monoisotopic (exact) mass is 567 g/mol. The summed E-state index contributed by atoms with van der Waals surface area (Å²) in [6, 6.07) is 21.9. The van der Waals surface area contributed by atoms with Crippen molar-refractivity contribution in [3.63, 3.8) is 0 Å². The van der Waals surface area contributed by atoms with Crippen molar-refractivity contribution in [1.29, 1.82) is 0 Å². The predicted octanol–water partition coefficient (Wildman–Crippen LogP) is 3.86. The molecule has 1 unspecified atom stereocenters. The highest BCUT2D eigenvalue weighted by Crippen LogP contribution is 2.31. The van der Waals surface area contributed by atoms with Crippen molar-refractivity contribution >= 4 is 22.0 Å². The Morgan fingerprint density at radius 1 is 0.975 bits per heavy atom. The van der Waals surface area contributed by atoms with Crippen molar-refractivity contribution < 1.29 is 33.1 Å². The van der Waals surface area contributed by atoms with Crippen molar-refractivity contribution in [3.8, 4) is 16.9 Å². The Kier molecular flexibility index (Phi) is 9.41. The Hall–Kier alpha value is -3.93. The quantitative estimate of drug-likeness (QED) is 0.250. The van der Waals surface area contributed by atoms with Crippen molar-refractivity contribution in [2.45, 2.75) is 30.2 Å². The number of carbonyl (C=O) groups is 2. The first-order valence-electron chi connectivity index (χ1n) is 13.0. The van der Waals surface area contributed by atoms with Gasteiger partial charge in [0, 0.05) is 19.6 Å². The minimum absolute atomic E-state index is 0.0101. The zero-order valence-corrected chi connectivity index (χ0v) is 23.0. The number of sulfonamides is 1. The molecule has 40 heavy (non-hydrogen) atoms. The van der Waals surface area contributed by atoms with E-state index < -0.39 is 34.0 Å². The fourth-order valence-corrected chi connectivity index (χ4v) is 6.73. The molecular formula is C29H33N3O7S. The van der Waals surface area contributed by atoms with Crippen molar-refractivity contribution in [2.24, 2.45) is 5.92 Å². The lowest BCUT2D eigenvalue weighted by Crippen LogP contribution is -2.55. The van der Waals surface area contributed by atoms with Crippen LogP contribution in [0.1, 0.15) is 18.4 Å². The predicted molar refractivity (Wildman–Crippen MR) is 149 cm³/mol. The number of methoxy groups -OCH3 is 1. The maximum Gasteiger partial charge on any atom is 0.407 e. The van der Waals surface area contributed by atoms with E-state index in [0.717, 1.165) is 21.0 Å². The second kappa shape index (κ2) is 12.9. The number of ether oxygens (including phenoxy) is 1. The van der Waals surface area contributed by atoms with Crippen LogP contribution in [0.25, 0.3) is 11.1 Å². The Morgan fingerprint density at radius 3 is 2.08 bits per heavy atom. The van der Waals surface area contributed by atoms with Crippen LogP contribution in [0.4, 0.5) is 4.79 Å². The number of hydroxylamine groups is 1. The third kappa shape index (κ3) is 6.61. The molecule has 1 saturated heterocycles. The molecule has 3 aromatic rings. The molecule has 0 saturated carbocycles. The van der Waals surface area contributed by atoms with Gasteiger partial charge in [0.1, 0.15) is 11.8 Å². The lowest BCUT2D eigenvalue weighted by molar-refractivity contribution is -0.135. The molecular weight excluding hydrogens is 534 g/mol. The lowest BCUT2D eigenvalue weighted by atomic mass is 9.88. The highest BCUT2D eigenvalue weighted by Gasteiger charge is 2.42. The maximum absolute atomic E-state index is 14.1. The van der Waals surface area contributed by atoms with Crippen LogP contribution < -0.4 is 10.2 Å². The highest BCUT2D eigenvalue weighted by atomic mass is 32.2. The first-order chi connectivity index (χ1) is 19.2. The first kappa shape index (κ1) is 29.1. The summed E-state index contributed by atoms with van der Waals surface area (Å²) in [6.07, 6.45) is -0.171. The van der Waals surface area contributed by atoms with E-state index in [2.05, 4.69) is 0 Å². The van der Waals surface area contributed by atoms with Crippen molar-refractivity contribution in [2.75, 3.05) is 26.7 Å². The molecule has 10 nitrogen and oxygen atoms in total. The number of hydrogen-bond acceptors (Lipinski definition) is 6. The summed E-state index contributed by atoms with van der Waals surface area (Å²) in [4.78, 5) is 25.7. The number of benzene rings is 3. The summed E-state index contributed by atoms with van der Waals surface area (Å²) < 4.78 is 34.6. The van der Waals surface area contributed by atoms with Gasteiger partial charge in [-0.15, -0.1) is 0 Å². The van der Waals surface area contributed by atoms with Crippen LogP contribution in [0.5, 0.6) is 5.75 Å². The SMILES string of the molecule is COc1ccc(-c2ccc(S(=O)(=O)N(CCc3ccccc3)C(C(=O)NO)C3CCN(C(=O)O)CC3)cc2)cc1. The molecule has 212 valence electrons. The fraction of sp³-hybridized carbons (Fsp3) is 0.310. The van der Waals surface area contributed by atoms with Crippen LogP contribution in [0.2, 0.25) is 0 Å². The normalized spacial score (nSPS) is 15.0. The summed E-state index contributed by atoms with van der Waals surface area (Å²) in [7, 11) is -2.62. The average molecular weight is 568 g/mol. The molecule has 3 N–H and O–H groups in total. The van der Waals surface area contributed by atoms with Crippen LogP contribution in [0.3, 0.4) is 0 Å². The lowest BCUT2D eigenvalue weighted by Gasteiger charge is -2.38. The molecule has 1 aliphatic rings. The minimum Gasteiger partial charge on any atom is -0.497 e. The van der Waals surface area contributed by atoms with Gasteiger partial charge in [-0.2, -0.15) is 4.31 Å². The van der Waals surface area contributed by atoms with Crippen LogP contribution in [0.15, 0.2) is 83.8 Å². The summed E-state index contributed by atoms with van der Waals surface area (Å²) in [6.45, 7) is 0.320. The molecule has 1 fully saturated rings. The number of hydrogen-bond donors (Lipinski definition) is 3. The maximum atomic E-state index is 14.1. The van der Waals surface area contributed by atoms with Crippen LogP contribution in [-0.2, 0) is 21.2 Å². The number of carbonyl (C=O) groups excluding carboxylic acids is 1. The van der Waals surface area contributed by atoms with Crippen molar-refractivity contribution in [1.82, 2.24) is 14.7 Å². The van der Waals surface area contributed by atoms with Gasteiger partial charge in [-0.1, -0.05) is 54.6 Å². The summed E-state index contributed by atoms with van der Waals surface area (Å²) >= 11 is 0. The summed E-state index contributed by atoms with van der Waals surface area (Å²) in [5, 5.41) is 19.0. The Bertz CT molecular complexity index is 1390. The summed E-state index contributed by atoms with van der Waals surface area (Å²) in [5.74, 6) is -0.633. The van der Waals surface area contributed by atoms with E-state index in [4.69, 9.17) is 4.74 Å². The number of piperidine rings is 1.